The van der Waals surface area contributed by atoms with E-state index in [-0.39, 0.29) is 5.91 Å². The fourth-order valence-electron chi connectivity index (χ4n) is 2.67. The lowest BCUT2D eigenvalue weighted by molar-refractivity contribution is 0.0784. The molecular weight excluding hydrogens is 346 g/mol. The van der Waals surface area contributed by atoms with E-state index in [9.17, 15) is 4.79 Å². The molecule has 4 nitrogen and oxygen atoms in total. The van der Waals surface area contributed by atoms with Gasteiger partial charge in [-0.1, -0.05) is 48.0 Å². The second kappa shape index (κ2) is 8.02. The lowest BCUT2D eigenvalue weighted by Gasteiger charge is -2.18. The number of amides is 1. The Hall–Kier alpha value is -2.85. The number of hydrogen-bond acceptors (Lipinski definition) is 3. The van der Waals surface area contributed by atoms with Crippen LogP contribution in [0.25, 0.3) is 0 Å². The van der Waals surface area contributed by atoms with Crippen molar-refractivity contribution in [1.82, 2.24) is 9.88 Å². The highest BCUT2D eigenvalue weighted by molar-refractivity contribution is 6.31. The zero-order valence-electron chi connectivity index (χ0n) is 14.7. The third-order valence-electron chi connectivity index (χ3n) is 4.14. The standard InChI is InChI=1S/C21H20ClN3O/c1-15-19(22)9-6-10-20(15)24-18-11-17(12-23-13-18)21(26)25(2)14-16-7-4-3-5-8-16/h3-13,24H,14H2,1-2H3. The van der Waals surface area contributed by atoms with Gasteiger partial charge in [-0.3, -0.25) is 9.78 Å². The maximum atomic E-state index is 12.7. The summed E-state index contributed by atoms with van der Waals surface area (Å²) >= 11 is 6.16. The van der Waals surface area contributed by atoms with Gasteiger partial charge in [-0.05, 0) is 36.2 Å². The molecule has 0 saturated heterocycles. The second-order valence-corrected chi connectivity index (χ2v) is 6.55. The zero-order chi connectivity index (χ0) is 18.5. The summed E-state index contributed by atoms with van der Waals surface area (Å²) in [5, 5.41) is 3.97. The molecule has 0 aliphatic carbocycles. The summed E-state index contributed by atoms with van der Waals surface area (Å²) in [5.74, 6) is -0.0761. The first-order valence-electron chi connectivity index (χ1n) is 8.31. The first-order valence-corrected chi connectivity index (χ1v) is 8.69. The summed E-state index contributed by atoms with van der Waals surface area (Å²) in [6.07, 6.45) is 3.27. The lowest BCUT2D eigenvalue weighted by Crippen LogP contribution is -2.26. The van der Waals surface area contributed by atoms with E-state index in [1.807, 2.05) is 55.5 Å². The van der Waals surface area contributed by atoms with Gasteiger partial charge in [0, 0.05) is 30.5 Å². The van der Waals surface area contributed by atoms with Crippen LogP contribution in [-0.4, -0.2) is 22.8 Å². The molecular formula is C21H20ClN3O. The van der Waals surface area contributed by atoms with Gasteiger partial charge in [0.05, 0.1) is 17.4 Å². The number of halogens is 1. The average molecular weight is 366 g/mol. The fourth-order valence-corrected chi connectivity index (χ4v) is 2.85. The van der Waals surface area contributed by atoms with E-state index in [0.29, 0.717) is 17.1 Å². The van der Waals surface area contributed by atoms with Crippen LogP contribution in [0.15, 0.2) is 67.0 Å². The van der Waals surface area contributed by atoms with Crippen LogP contribution in [-0.2, 0) is 6.54 Å². The van der Waals surface area contributed by atoms with Crippen LogP contribution in [0.3, 0.4) is 0 Å². The number of carbonyl (C=O) groups excluding carboxylic acids is 1. The molecule has 0 spiro atoms. The molecule has 3 rings (SSSR count). The van der Waals surface area contributed by atoms with Crippen LogP contribution in [0.2, 0.25) is 5.02 Å². The number of nitrogens with zero attached hydrogens (tertiary/aromatic N) is 2. The normalized spacial score (nSPS) is 10.4. The second-order valence-electron chi connectivity index (χ2n) is 6.15. The first kappa shape index (κ1) is 18.0. The van der Waals surface area contributed by atoms with Gasteiger partial charge in [-0.2, -0.15) is 0 Å². The van der Waals surface area contributed by atoms with Crippen molar-refractivity contribution in [2.45, 2.75) is 13.5 Å². The molecule has 1 amide bonds. The van der Waals surface area contributed by atoms with Gasteiger partial charge in [0.2, 0.25) is 0 Å². The van der Waals surface area contributed by atoms with Gasteiger partial charge in [-0.25, -0.2) is 0 Å². The highest BCUT2D eigenvalue weighted by Crippen LogP contribution is 2.26. The molecule has 0 bridgehead atoms. The molecule has 1 heterocycles. The topological polar surface area (TPSA) is 45.2 Å². The molecule has 0 saturated carbocycles. The highest BCUT2D eigenvalue weighted by atomic mass is 35.5. The summed E-state index contributed by atoms with van der Waals surface area (Å²) in [4.78, 5) is 18.6. The number of benzene rings is 2. The van der Waals surface area contributed by atoms with E-state index in [4.69, 9.17) is 11.6 Å². The molecule has 1 aromatic heterocycles. The molecule has 0 atom stereocenters. The molecule has 2 aromatic carbocycles. The van der Waals surface area contributed by atoms with E-state index < -0.39 is 0 Å². The molecule has 0 aliphatic rings. The van der Waals surface area contributed by atoms with E-state index in [2.05, 4.69) is 10.3 Å². The van der Waals surface area contributed by atoms with Gasteiger partial charge in [0.25, 0.3) is 5.91 Å². The number of rotatable bonds is 5. The molecule has 0 radical (unpaired) electrons. The van der Waals surface area contributed by atoms with E-state index in [1.165, 1.54) is 0 Å². The number of carbonyl (C=O) groups is 1. The van der Waals surface area contributed by atoms with E-state index >= 15 is 0 Å². The summed E-state index contributed by atoms with van der Waals surface area (Å²) < 4.78 is 0. The minimum absolute atomic E-state index is 0.0761. The van der Waals surface area contributed by atoms with Crippen LogP contribution in [0.5, 0.6) is 0 Å². The molecule has 132 valence electrons. The minimum atomic E-state index is -0.0761. The van der Waals surface area contributed by atoms with Crippen LogP contribution in [0, 0.1) is 6.92 Å². The molecule has 26 heavy (non-hydrogen) atoms. The van der Waals surface area contributed by atoms with Gasteiger partial charge >= 0.3 is 0 Å². The van der Waals surface area contributed by atoms with Crippen LogP contribution in [0.4, 0.5) is 11.4 Å². The predicted molar refractivity (Wildman–Crippen MR) is 106 cm³/mol. The quantitative estimate of drug-likeness (QED) is 0.687. The Kier molecular flexibility index (Phi) is 5.54. The molecule has 5 heteroatoms. The van der Waals surface area contributed by atoms with Crippen LogP contribution in [0.1, 0.15) is 21.5 Å². The van der Waals surface area contributed by atoms with Crippen molar-refractivity contribution in [3.63, 3.8) is 0 Å². The zero-order valence-corrected chi connectivity index (χ0v) is 15.5. The Morgan fingerprint density at radius 3 is 2.65 bits per heavy atom. The van der Waals surface area contributed by atoms with Crippen molar-refractivity contribution in [1.29, 1.82) is 0 Å². The minimum Gasteiger partial charge on any atom is -0.354 e. The van der Waals surface area contributed by atoms with Crippen molar-refractivity contribution in [2.75, 3.05) is 12.4 Å². The molecule has 3 aromatic rings. The Morgan fingerprint density at radius 1 is 1.12 bits per heavy atom. The third kappa shape index (κ3) is 4.21. The Labute approximate surface area is 158 Å². The highest BCUT2D eigenvalue weighted by Gasteiger charge is 2.13. The van der Waals surface area contributed by atoms with Gasteiger partial charge < -0.3 is 10.2 Å². The van der Waals surface area contributed by atoms with E-state index in [1.54, 1.807) is 30.4 Å². The van der Waals surface area contributed by atoms with Crippen LogP contribution < -0.4 is 5.32 Å². The van der Waals surface area contributed by atoms with Crippen molar-refractivity contribution in [2.24, 2.45) is 0 Å². The number of nitrogens with one attached hydrogen (secondary N) is 1. The third-order valence-corrected chi connectivity index (χ3v) is 4.55. The van der Waals surface area contributed by atoms with Crippen molar-refractivity contribution in [3.05, 3.63) is 88.7 Å². The van der Waals surface area contributed by atoms with Gasteiger partial charge in [-0.15, -0.1) is 0 Å². The maximum absolute atomic E-state index is 12.7. The Balaban J connectivity index is 1.76. The smallest absolute Gasteiger partial charge is 0.255 e. The maximum Gasteiger partial charge on any atom is 0.255 e. The van der Waals surface area contributed by atoms with Crippen molar-refractivity contribution >= 4 is 28.9 Å². The lowest BCUT2D eigenvalue weighted by atomic mass is 10.1. The average Bonchev–Trinajstić information content (AvgIpc) is 2.66. The largest absolute Gasteiger partial charge is 0.354 e. The number of aromatic nitrogens is 1. The SMILES string of the molecule is Cc1c(Cl)cccc1Nc1cncc(C(=O)N(C)Cc2ccccc2)c1. The molecule has 0 fully saturated rings. The van der Waals surface area contributed by atoms with E-state index in [0.717, 1.165) is 22.5 Å². The summed E-state index contributed by atoms with van der Waals surface area (Å²) in [7, 11) is 1.79. The summed E-state index contributed by atoms with van der Waals surface area (Å²) in [6.45, 7) is 2.49. The van der Waals surface area contributed by atoms with Crippen molar-refractivity contribution < 1.29 is 4.79 Å². The number of hydrogen-bond donors (Lipinski definition) is 1. The molecule has 0 unspecified atom stereocenters. The number of pyridine rings is 1. The summed E-state index contributed by atoms with van der Waals surface area (Å²) in [6, 6.07) is 17.4. The summed E-state index contributed by atoms with van der Waals surface area (Å²) in [5.41, 5.74) is 4.20. The first-order chi connectivity index (χ1) is 12.5. The Bertz CT molecular complexity index is 912. The van der Waals surface area contributed by atoms with Crippen LogP contribution >= 0.6 is 11.6 Å². The Morgan fingerprint density at radius 2 is 1.88 bits per heavy atom. The van der Waals surface area contributed by atoms with Gasteiger partial charge in [0.15, 0.2) is 0 Å². The fraction of sp³-hybridized carbons (Fsp3) is 0.143. The molecule has 0 aliphatic heterocycles. The number of anilines is 2. The monoisotopic (exact) mass is 365 g/mol. The predicted octanol–water partition coefficient (Wildman–Crippen LogP) is 5.06. The van der Waals surface area contributed by atoms with Crippen molar-refractivity contribution in [3.8, 4) is 0 Å². The molecule has 1 N–H and O–H groups in total. The van der Waals surface area contributed by atoms with Gasteiger partial charge in [0.1, 0.15) is 0 Å².